The maximum atomic E-state index is 5.41. The molecule has 3 heteroatoms. The number of rotatable bonds is 9. The lowest BCUT2D eigenvalue weighted by Crippen LogP contribution is -2.18. The lowest BCUT2D eigenvalue weighted by molar-refractivity contribution is 0.140. The average molecular weight is 239 g/mol. The van der Waals surface area contributed by atoms with Crippen LogP contribution in [0.3, 0.4) is 0 Å². The first-order valence-corrected chi connectivity index (χ1v) is 6.65. The molecule has 1 aromatic heterocycles. The first-order chi connectivity index (χ1) is 7.86. The summed E-state index contributed by atoms with van der Waals surface area (Å²) in [4.78, 5) is 2.86. The fourth-order valence-corrected chi connectivity index (χ4v) is 2.26. The van der Waals surface area contributed by atoms with E-state index in [-0.39, 0.29) is 0 Å². The van der Waals surface area contributed by atoms with Crippen LogP contribution in [0.1, 0.15) is 23.1 Å². The van der Waals surface area contributed by atoms with E-state index >= 15 is 0 Å². The van der Waals surface area contributed by atoms with Crippen molar-refractivity contribution in [3.63, 3.8) is 0 Å². The Labute approximate surface area is 102 Å². The maximum absolute atomic E-state index is 5.41. The third kappa shape index (κ3) is 5.45. The molecule has 0 radical (unpaired) electrons. The number of aryl methyl sites for hydroxylation is 1. The molecule has 0 atom stereocenters. The van der Waals surface area contributed by atoms with E-state index in [4.69, 9.17) is 4.74 Å². The van der Waals surface area contributed by atoms with E-state index < -0.39 is 0 Å². The molecule has 0 aliphatic heterocycles. The van der Waals surface area contributed by atoms with E-state index in [1.165, 1.54) is 9.75 Å². The summed E-state index contributed by atoms with van der Waals surface area (Å²) in [5.74, 6) is 0. The number of hydrogen-bond donors (Lipinski definition) is 1. The third-order valence-electron chi connectivity index (χ3n) is 2.25. The first-order valence-electron chi connectivity index (χ1n) is 5.83. The van der Waals surface area contributed by atoms with Crippen LogP contribution >= 0.6 is 11.3 Å². The molecule has 0 unspecified atom stereocenters. The summed E-state index contributed by atoms with van der Waals surface area (Å²) >= 11 is 1.89. The van der Waals surface area contributed by atoms with Crippen LogP contribution in [0.5, 0.6) is 0 Å². The van der Waals surface area contributed by atoms with Gasteiger partial charge in [-0.1, -0.05) is 13.0 Å². The van der Waals surface area contributed by atoms with Crippen molar-refractivity contribution in [3.8, 4) is 0 Å². The number of hydrogen-bond acceptors (Lipinski definition) is 3. The van der Waals surface area contributed by atoms with Crippen molar-refractivity contribution in [2.24, 2.45) is 0 Å². The Kier molecular flexibility index (Phi) is 7.14. The van der Waals surface area contributed by atoms with Gasteiger partial charge >= 0.3 is 0 Å². The molecule has 0 aromatic carbocycles. The molecule has 16 heavy (non-hydrogen) atoms. The molecule has 2 nitrogen and oxygen atoms in total. The molecule has 90 valence electrons. The lowest BCUT2D eigenvalue weighted by atomic mass is 10.3. The topological polar surface area (TPSA) is 21.3 Å². The highest BCUT2D eigenvalue weighted by Crippen LogP contribution is 2.16. The minimum absolute atomic E-state index is 0.778. The van der Waals surface area contributed by atoms with Crippen LogP contribution in [0, 0.1) is 0 Å². The van der Waals surface area contributed by atoms with Crippen molar-refractivity contribution in [1.82, 2.24) is 5.32 Å². The summed E-state index contributed by atoms with van der Waals surface area (Å²) in [7, 11) is 0. The summed E-state index contributed by atoms with van der Waals surface area (Å²) in [6, 6.07) is 4.41. The molecule has 0 aliphatic carbocycles. The van der Waals surface area contributed by atoms with Gasteiger partial charge in [0.2, 0.25) is 0 Å². The summed E-state index contributed by atoms with van der Waals surface area (Å²) in [6.07, 6.45) is 3.95. The second-order valence-electron chi connectivity index (χ2n) is 3.59. The zero-order valence-electron chi connectivity index (χ0n) is 10.00. The minimum Gasteiger partial charge on any atom is -0.380 e. The van der Waals surface area contributed by atoms with Gasteiger partial charge in [-0.25, -0.2) is 0 Å². The Morgan fingerprint density at radius 1 is 1.38 bits per heavy atom. The van der Waals surface area contributed by atoms with Crippen LogP contribution in [0.4, 0.5) is 0 Å². The second-order valence-corrected chi connectivity index (χ2v) is 4.84. The van der Waals surface area contributed by atoms with E-state index in [0.29, 0.717) is 0 Å². The third-order valence-corrected chi connectivity index (χ3v) is 3.48. The smallest absolute Gasteiger partial charge is 0.0591 e. The van der Waals surface area contributed by atoms with Crippen LogP contribution in [-0.2, 0) is 17.7 Å². The van der Waals surface area contributed by atoms with Crippen LogP contribution in [0.25, 0.3) is 0 Å². The molecule has 0 saturated heterocycles. The number of thiophene rings is 1. The molecule has 0 fully saturated rings. The van der Waals surface area contributed by atoms with Gasteiger partial charge in [-0.2, -0.15) is 0 Å². The molecule has 1 heterocycles. The molecular weight excluding hydrogens is 218 g/mol. The number of ether oxygens (including phenoxy) is 1. The van der Waals surface area contributed by atoms with Gasteiger partial charge in [-0.05, 0) is 25.0 Å². The molecule has 0 amide bonds. The standard InChI is InChI=1S/C13H21NOS/c1-3-5-9-15-10-8-14-11-13-7-6-12(4-2)16-13/h3,6-7,14H,1,4-5,8-11H2,2H3. The van der Waals surface area contributed by atoms with Gasteiger partial charge in [0.25, 0.3) is 0 Å². The highest BCUT2D eigenvalue weighted by atomic mass is 32.1. The number of nitrogens with one attached hydrogen (secondary N) is 1. The quantitative estimate of drug-likeness (QED) is 0.528. The van der Waals surface area contributed by atoms with Crippen LogP contribution in [-0.4, -0.2) is 19.8 Å². The fraction of sp³-hybridized carbons (Fsp3) is 0.538. The molecule has 1 N–H and O–H groups in total. The minimum atomic E-state index is 0.778. The highest BCUT2D eigenvalue weighted by molar-refractivity contribution is 7.11. The van der Waals surface area contributed by atoms with Crippen LogP contribution in [0.15, 0.2) is 24.8 Å². The monoisotopic (exact) mass is 239 g/mol. The first kappa shape index (κ1) is 13.4. The molecule has 1 aromatic rings. The van der Waals surface area contributed by atoms with Gasteiger partial charge in [0.1, 0.15) is 0 Å². The van der Waals surface area contributed by atoms with Crippen molar-refractivity contribution in [2.75, 3.05) is 19.8 Å². The normalized spacial score (nSPS) is 10.6. The Morgan fingerprint density at radius 3 is 2.88 bits per heavy atom. The van der Waals surface area contributed by atoms with Crippen molar-refractivity contribution in [1.29, 1.82) is 0 Å². The lowest BCUT2D eigenvalue weighted by Gasteiger charge is -2.03. The van der Waals surface area contributed by atoms with E-state index in [1.54, 1.807) is 0 Å². The fourth-order valence-electron chi connectivity index (χ4n) is 1.33. The van der Waals surface area contributed by atoms with Gasteiger partial charge in [-0.3, -0.25) is 0 Å². The Morgan fingerprint density at radius 2 is 2.19 bits per heavy atom. The maximum Gasteiger partial charge on any atom is 0.0591 e. The van der Waals surface area contributed by atoms with Crippen molar-refractivity contribution in [2.45, 2.75) is 26.3 Å². The molecule has 0 bridgehead atoms. The summed E-state index contributed by atoms with van der Waals surface area (Å²) in [5.41, 5.74) is 0. The molecule has 0 saturated carbocycles. The van der Waals surface area contributed by atoms with Gasteiger partial charge in [-0.15, -0.1) is 17.9 Å². The molecule has 1 rings (SSSR count). The Balaban J connectivity index is 2.00. The van der Waals surface area contributed by atoms with Gasteiger partial charge in [0.05, 0.1) is 13.2 Å². The molecular formula is C13H21NOS. The second kappa shape index (κ2) is 8.50. The highest BCUT2D eigenvalue weighted by Gasteiger charge is 1.97. The predicted octanol–water partition coefficient (Wildman–Crippen LogP) is 2.99. The van der Waals surface area contributed by atoms with Crippen molar-refractivity contribution < 1.29 is 4.74 Å². The zero-order chi connectivity index (χ0) is 11.6. The summed E-state index contributed by atoms with van der Waals surface area (Å²) in [5, 5.41) is 3.38. The van der Waals surface area contributed by atoms with E-state index in [2.05, 4.69) is 31.0 Å². The van der Waals surface area contributed by atoms with Crippen molar-refractivity contribution in [3.05, 3.63) is 34.5 Å². The summed E-state index contributed by atoms with van der Waals surface area (Å²) < 4.78 is 5.41. The average Bonchev–Trinajstić information content (AvgIpc) is 2.76. The largest absolute Gasteiger partial charge is 0.380 e. The molecule has 0 aliphatic rings. The Bertz CT molecular complexity index is 296. The van der Waals surface area contributed by atoms with Gasteiger partial charge < -0.3 is 10.1 Å². The van der Waals surface area contributed by atoms with Gasteiger partial charge in [0, 0.05) is 22.8 Å². The van der Waals surface area contributed by atoms with Crippen molar-refractivity contribution >= 4 is 11.3 Å². The van der Waals surface area contributed by atoms with E-state index in [1.807, 2.05) is 17.4 Å². The van der Waals surface area contributed by atoms with E-state index in [9.17, 15) is 0 Å². The van der Waals surface area contributed by atoms with E-state index in [0.717, 1.165) is 39.1 Å². The summed E-state index contributed by atoms with van der Waals surface area (Å²) in [6.45, 7) is 9.27. The molecule has 0 spiro atoms. The zero-order valence-corrected chi connectivity index (χ0v) is 10.8. The van der Waals surface area contributed by atoms with Crippen LogP contribution < -0.4 is 5.32 Å². The predicted molar refractivity (Wildman–Crippen MR) is 71.0 cm³/mol. The Hall–Kier alpha value is -0.640. The SMILES string of the molecule is C=CCCOCCNCc1ccc(CC)s1. The van der Waals surface area contributed by atoms with Gasteiger partial charge in [0.15, 0.2) is 0 Å². The van der Waals surface area contributed by atoms with Crippen LogP contribution in [0.2, 0.25) is 0 Å².